The van der Waals surface area contributed by atoms with E-state index in [1.54, 1.807) is 19.4 Å². The van der Waals surface area contributed by atoms with Gasteiger partial charge in [0.15, 0.2) is 5.15 Å². The van der Waals surface area contributed by atoms with Crippen molar-refractivity contribution in [2.24, 2.45) is 0 Å². The highest BCUT2D eigenvalue weighted by Crippen LogP contribution is 2.26. The van der Waals surface area contributed by atoms with Crippen molar-refractivity contribution < 1.29 is 4.74 Å². The van der Waals surface area contributed by atoms with Crippen molar-refractivity contribution in [1.82, 2.24) is 15.0 Å². The minimum Gasteiger partial charge on any atom is -0.481 e. The molecule has 0 fully saturated rings. The average Bonchev–Trinajstić information content (AvgIpc) is 2.34. The van der Waals surface area contributed by atoms with Crippen molar-refractivity contribution >= 4 is 11.6 Å². The van der Waals surface area contributed by atoms with Crippen LogP contribution in [0.15, 0.2) is 18.3 Å². The Morgan fingerprint density at radius 3 is 2.59 bits per heavy atom. The van der Waals surface area contributed by atoms with Crippen molar-refractivity contribution in [1.29, 1.82) is 0 Å². The zero-order valence-corrected chi connectivity index (χ0v) is 10.6. The summed E-state index contributed by atoms with van der Waals surface area (Å²) in [5.41, 5.74) is 3.19. The molecule has 0 bridgehead atoms. The molecule has 0 saturated heterocycles. The van der Waals surface area contributed by atoms with Gasteiger partial charge in [-0.05, 0) is 19.9 Å². The van der Waals surface area contributed by atoms with E-state index in [0.29, 0.717) is 16.7 Å². The zero-order chi connectivity index (χ0) is 12.4. The number of hydrogen-bond acceptors (Lipinski definition) is 4. The molecule has 2 rings (SSSR count). The largest absolute Gasteiger partial charge is 0.481 e. The van der Waals surface area contributed by atoms with Crippen LogP contribution in [0.25, 0.3) is 11.3 Å². The normalized spacial score (nSPS) is 10.4. The van der Waals surface area contributed by atoms with Gasteiger partial charge < -0.3 is 4.74 Å². The van der Waals surface area contributed by atoms with Gasteiger partial charge in [-0.2, -0.15) is 0 Å². The second kappa shape index (κ2) is 4.67. The minimum atomic E-state index is 0.390. The maximum Gasteiger partial charge on any atom is 0.213 e. The fraction of sp³-hybridized carbons (Fsp3) is 0.250. The van der Waals surface area contributed by atoms with Crippen molar-refractivity contribution in [2.75, 3.05) is 7.11 Å². The summed E-state index contributed by atoms with van der Waals surface area (Å²) in [4.78, 5) is 12.7. The van der Waals surface area contributed by atoms with E-state index in [-0.39, 0.29) is 0 Å². The summed E-state index contributed by atoms with van der Waals surface area (Å²) in [7, 11) is 1.57. The predicted octanol–water partition coefficient (Wildman–Crippen LogP) is 2.82. The summed E-state index contributed by atoms with van der Waals surface area (Å²) >= 11 is 6.10. The van der Waals surface area contributed by atoms with Crippen LogP contribution in [0, 0.1) is 13.8 Å². The summed E-state index contributed by atoms with van der Waals surface area (Å²) in [5.74, 6) is 0.526. The van der Waals surface area contributed by atoms with Gasteiger partial charge in [-0.25, -0.2) is 15.0 Å². The Kier molecular flexibility index (Phi) is 3.24. The van der Waals surface area contributed by atoms with Gasteiger partial charge in [0, 0.05) is 17.8 Å². The van der Waals surface area contributed by atoms with Crippen LogP contribution in [0.3, 0.4) is 0 Å². The third-order valence-corrected chi connectivity index (χ3v) is 2.75. The average molecular weight is 250 g/mol. The van der Waals surface area contributed by atoms with Gasteiger partial charge in [0.2, 0.25) is 5.88 Å². The minimum absolute atomic E-state index is 0.390. The van der Waals surface area contributed by atoms with Gasteiger partial charge in [-0.1, -0.05) is 11.6 Å². The molecule has 17 heavy (non-hydrogen) atoms. The van der Waals surface area contributed by atoms with E-state index in [1.807, 2.05) is 19.9 Å². The Morgan fingerprint density at radius 1 is 1.18 bits per heavy atom. The van der Waals surface area contributed by atoms with Gasteiger partial charge in [0.05, 0.1) is 18.5 Å². The molecule has 5 heteroatoms. The molecule has 2 heterocycles. The van der Waals surface area contributed by atoms with E-state index in [4.69, 9.17) is 16.3 Å². The Hall–Kier alpha value is -1.68. The Balaban J connectivity index is 2.56. The molecule has 2 aromatic heterocycles. The summed E-state index contributed by atoms with van der Waals surface area (Å²) in [6.07, 6.45) is 1.65. The fourth-order valence-electron chi connectivity index (χ4n) is 1.43. The molecule has 0 aliphatic carbocycles. The van der Waals surface area contributed by atoms with Crippen molar-refractivity contribution in [2.45, 2.75) is 13.8 Å². The predicted molar refractivity (Wildman–Crippen MR) is 66.3 cm³/mol. The van der Waals surface area contributed by atoms with Crippen LogP contribution in [-0.4, -0.2) is 22.1 Å². The maximum atomic E-state index is 6.10. The number of rotatable bonds is 2. The number of aromatic nitrogens is 3. The van der Waals surface area contributed by atoms with Crippen molar-refractivity contribution in [3.8, 4) is 17.1 Å². The van der Waals surface area contributed by atoms with Crippen LogP contribution in [0.4, 0.5) is 0 Å². The van der Waals surface area contributed by atoms with Gasteiger partial charge in [-0.3, -0.25) is 0 Å². The Labute approximate surface area is 105 Å². The highest BCUT2D eigenvalue weighted by molar-refractivity contribution is 6.31. The number of halogens is 1. The lowest BCUT2D eigenvalue weighted by atomic mass is 10.2. The fourth-order valence-corrected chi connectivity index (χ4v) is 1.71. The van der Waals surface area contributed by atoms with E-state index in [1.165, 1.54) is 0 Å². The molecule has 0 atom stereocenters. The second-order valence-corrected chi connectivity index (χ2v) is 3.98. The van der Waals surface area contributed by atoms with Gasteiger partial charge >= 0.3 is 0 Å². The molecule has 2 aromatic rings. The highest BCUT2D eigenvalue weighted by atomic mass is 35.5. The number of pyridine rings is 1. The maximum absolute atomic E-state index is 6.10. The molecule has 0 unspecified atom stereocenters. The molecule has 4 nitrogen and oxygen atoms in total. The monoisotopic (exact) mass is 249 g/mol. The Bertz CT molecular complexity index is 557. The molecule has 0 aliphatic rings. The first-order chi connectivity index (χ1) is 8.11. The van der Waals surface area contributed by atoms with Crippen molar-refractivity contribution in [3.05, 3.63) is 34.9 Å². The first-order valence-corrected chi connectivity index (χ1v) is 5.50. The van der Waals surface area contributed by atoms with E-state index >= 15 is 0 Å². The highest BCUT2D eigenvalue weighted by Gasteiger charge is 2.10. The first-order valence-electron chi connectivity index (χ1n) is 5.13. The van der Waals surface area contributed by atoms with Crippen LogP contribution in [0.5, 0.6) is 5.88 Å². The molecule has 0 N–H and O–H groups in total. The number of aryl methyl sites for hydroxylation is 2. The summed E-state index contributed by atoms with van der Waals surface area (Å²) in [5, 5.41) is 0.390. The molecule has 0 aliphatic heterocycles. The lowest BCUT2D eigenvalue weighted by molar-refractivity contribution is 0.398. The molecule has 0 saturated carbocycles. The topological polar surface area (TPSA) is 47.9 Å². The summed E-state index contributed by atoms with van der Waals surface area (Å²) in [6, 6.07) is 3.61. The number of methoxy groups -OCH3 is 1. The van der Waals surface area contributed by atoms with Crippen molar-refractivity contribution in [3.63, 3.8) is 0 Å². The van der Waals surface area contributed by atoms with E-state index in [9.17, 15) is 0 Å². The van der Waals surface area contributed by atoms with Crippen LogP contribution < -0.4 is 4.74 Å². The van der Waals surface area contributed by atoms with Crippen LogP contribution in [-0.2, 0) is 0 Å². The third-order valence-electron chi connectivity index (χ3n) is 2.48. The molecule has 0 amide bonds. The molecule has 88 valence electrons. The quantitative estimate of drug-likeness (QED) is 0.821. The zero-order valence-electron chi connectivity index (χ0n) is 9.86. The molecule has 0 radical (unpaired) electrons. The SMILES string of the molecule is COc1cc(-c2nc(C)c(C)nc2Cl)ccn1. The lowest BCUT2D eigenvalue weighted by Crippen LogP contribution is -1.97. The number of nitrogens with zero attached hydrogens (tertiary/aromatic N) is 3. The van der Waals surface area contributed by atoms with Gasteiger partial charge in [0.25, 0.3) is 0 Å². The summed E-state index contributed by atoms with van der Waals surface area (Å²) in [6.45, 7) is 3.78. The third kappa shape index (κ3) is 2.36. The standard InChI is InChI=1S/C12H12ClN3O/c1-7-8(2)16-12(13)11(15-7)9-4-5-14-10(6-9)17-3/h4-6H,1-3H3. The molecular formula is C12H12ClN3O. The molecule has 0 spiro atoms. The smallest absolute Gasteiger partial charge is 0.213 e. The van der Waals surface area contributed by atoms with Crippen LogP contribution in [0.2, 0.25) is 5.15 Å². The number of ether oxygens (including phenoxy) is 1. The number of hydrogen-bond donors (Lipinski definition) is 0. The first kappa shape index (κ1) is 11.8. The lowest BCUT2D eigenvalue weighted by Gasteiger charge is -2.07. The van der Waals surface area contributed by atoms with Crippen LogP contribution in [0.1, 0.15) is 11.4 Å². The Morgan fingerprint density at radius 2 is 1.88 bits per heavy atom. The second-order valence-electron chi connectivity index (χ2n) is 3.62. The molecule has 0 aromatic carbocycles. The van der Waals surface area contributed by atoms with E-state index in [0.717, 1.165) is 17.0 Å². The van der Waals surface area contributed by atoms with E-state index < -0.39 is 0 Å². The summed E-state index contributed by atoms with van der Waals surface area (Å²) < 4.78 is 5.07. The van der Waals surface area contributed by atoms with Crippen LogP contribution >= 0.6 is 11.6 Å². The van der Waals surface area contributed by atoms with E-state index in [2.05, 4.69) is 15.0 Å². The van der Waals surface area contributed by atoms with Gasteiger partial charge in [0.1, 0.15) is 5.69 Å². The molecular weight excluding hydrogens is 238 g/mol. The van der Waals surface area contributed by atoms with Gasteiger partial charge in [-0.15, -0.1) is 0 Å².